The number of fused-ring (bicyclic) bond motifs is 1. The molecule has 2 rings (SSSR count). The smallest absolute Gasteiger partial charge is 0.133 e. The van der Waals surface area contributed by atoms with Gasteiger partial charge in [0.25, 0.3) is 0 Å². The number of unbranched alkanes of at least 4 members (excludes halogenated alkanes) is 2. The summed E-state index contributed by atoms with van der Waals surface area (Å²) in [4.78, 5) is 4.64. The number of phenols is 1. The Morgan fingerprint density at radius 1 is 1.35 bits per heavy atom. The normalized spacial score (nSPS) is 19.3. The lowest BCUT2D eigenvalue weighted by molar-refractivity contribution is 0.110. The van der Waals surface area contributed by atoms with E-state index in [1.165, 1.54) is 12.8 Å². The van der Waals surface area contributed by atoms with Gasteiger partial charge in [0.2, 0.25) is 0 Å². The lowest BCUT2D eigenvalue weighted by Crippen LogP contribution is -2.36. The fourth-order valence-corrected chi connectivity index (χ4v) is 2.96. The van der Waals surface area contributed by atoms with Crippen molar-refractivity contribution >= 4 is 5.71 Å². The Hall–Kier alpha value is -1.55. The number of ether oxygens (including phenoxy) is 1. The van der Waals surface area contributed by atoms with Crippen molar-refractivity contribution in [2.45, 2.75) is 71.4 Å². The van der Waals surface area contributed by atoms with Crippen molar-refractivity contribution in [2.24, 2.45) is 10.7 Å². The summed E-state index contributed by atoms with van der Waals surface area (Å²) < 4.78 is 6.11. The number of hydrogen-bond acceptors (Lipinski definition) is 4. The van der Waals surface area contributed by atoms with Crippen molar-refractivity contribution in [3.05, 3.63) is 23.3 Å². The standard InChI is InChI=1S/C19H30N2O2/c1-5-6-7-8-14-9-16(22)18-15(21-12-13(2)20)11-19(3,4)23-17(18)10-14/h9-10,13,22H,5-8,11-12,20H2,1-4H3. The van der Waals surface area contributed by atoms with Crippen LogP contribution in [0.3, 0.4) is 0 Å². The van der Waals surface area contributed by atoms with Gasteiger partial charge in [0.05, 0.1) is 17.8 Å². The molecule has 1 aromatic rings. The fourth-order valence-electron chi connectivity index (χ4n) is 2.96. The van der Waals surface area contributed by atoms with Gasteiger partial charge in [0.1, 0.15) is 17.1 Å². The molecule has 23 heavy (non-hydrogen) atoms. The first-order valence-electron chi connectivity index (χ1n) is 8.66. The van der Waals surface area contributed by atoms with Gasteiger partial charge >= 0.3 is 0 Å². The SMILES string of the molecule is CCCCCc1cc(O)c2c(c1)OC(C)(C)CC2=NCC(C)N. The molecule has 1 aliphatic rings. The van der Waals surface area contributed by atoms with Gasteiger partial charge in [-0.1, -0.05) is 19.8 Å². The molecule has 1 aliphatic heterocycles. The van der Waals surface area contributed by atoms with Crippen LogP contribution in [0.4, 0.5) is 0 Å². The van der Waals surface area contributed by atoms with E-state index in [1.807, 2.05) is 13.0 Å². The molecule has 4 nitrogen and oxygen atoms in total. The molecule has 0 fully saturated rings. The van der Waals surface area contributed by atoms with Crippen LogP contribution in [0.2, 0.25) is 0 Å². The average molecular weight is 318 g/mol. The first-order valence-corrected chi connectivity index (χ1v) is 8.66. The number of phenolic OH excluding ortho intramolecular Hbond substituents is 1. The summed E-state index contributed by atoms with van der Waals surface area (Å²) >= 11 is 0. The second kappa shape index (κ2) is 7.35. The van der Waals surface area contributed by atoms with Crippen LogP contribution < -0.4 is 10.5 Å². The van der Waals surface area contributed by atoms with Crippen LogP contribution in [0.25, 0.3) is 0 Å². The molecule has 0 bridgehead atoms. The molecule has 128 valence electrons. The molecule has 1 heterocycles. The molecule has 0 aliphatic carbocycles. The number of rotatable bonds is 6. The molecule has 0 spiro atoms. The maximum atomic E-state index is 10.5. The van der Waals surface area contributed by atoms with Crippen molar-refractivity contribution in [1.82, 2.24) is 0 Å². The molecule has 0 radical (unpaired) electrons. The van der Waals surface area contributed by atoms with Gasteiger partial charge in [-0.15, -0.1) is 0 Å². The molecule has 0 saturated heterocycles. The zero-order chi connectivity index (χ0) is 17.0. The quantitative estimate of drug-likeness (QED) is 0.783. The Bertz CT molecular complexity index is 577. The topological polar surface area (TPSA) is 67.8 Å². The summed E-state index contributed by atoms with van der Waals surface area (Å²) in [5.74, 6) is 1.02. The average Bonchev–Trinajstić information content (AvgIpc) is 2.43. The number of aromatic hydroxyl groups is 1. The molecule has 4 heteroatoms. The van der Waals surface area contributed by atoms with E-state index < -0.39 is 0 Å². The minimum atomic E-state index is -0.321. The van der Waals surface area contributed by atoms with E-state index in [-0.39, 0.29) is 17.4 Å². The Labute approximate surface area is 139 Å². The predicted octanol–water partition coefficient (Wildman–Crippen LogP) is 3.82. The van der Waals surface area contributed by atoms with E-state index in [1.54, 1.807) is 0 Å². The largest absolute Gasteiger partial charge is 0.507 e. The van der Waals surface area contributed by atoms with Crippen molar-refractivity contribution in [1.29, 1.82) is 0 Å². The van der Waals surface area contributed by atoms with E-state index >= 15 is 0 Å². The van der Waals surface area contributed by atoms with Crippen LogP contribution in [0.15, 0.2) is 17.1 Å². The van der Waals surface area contributed by atoms with Gasteiger partial charge in [-0.3, -0.25) is 4.99 Å². The van der Waals surface area contributed by atoms with Gasteiger partial charge in [-0.2, -0.15) is 0 Å². The summed E-state index contributed by atoms with van der Waals surface area (Å²) in [7, 11) is 0. The number of nitrogens with two attached hydrogens (primary N) is 1. The zero-order valence-corrected chi connectivity index (χ0v) is 14.9. The Balaban J connectivity index is 2.35. The Morgan fingerprint density at radius 2 is 2.09 bits per heavy atom. The van der Waals surface area contributed by atoms with Crippen LogP contribution >= 0.6 is 0 Å². The summed E-state index contributed by atoms with van der Waals surface area (Å²) in [6.45, 7) is 8.79. The van der Waals surface area contributed by atoms with Gasteiger partial charge < -0.3 is 15.6 Å². The molecule has 0 saturated carbocycles. The molecular weight excluding hydrogens is 288 g/mol. The van der Waals surface area contributed by atoms with Gasteiger partial charge in [0, 0.05) is 12.5 Å². The van der Waals surface area contributed by atoms with Crippen molar-refractivity contribution in [2.75, 3.05) is 6.54 Å². The highest BCUT2D eigenvalue weighted by atomic mass is 16.5. The van der Waals surface area contributed by atoms with Crippen LogP contribution in [0.5, 0.6) is 11.5 Å². The lowest BCUT2D eigenvalue weighted by atomic mass is 9.90. The highest BCUT2D eigenvalue weighted by Gasteiger charge is 2.33. The number of benzene rings is 1. The second-order valence-corrected chi connectivity index (χ2v) is 7.25. The van der Waals surface area contributed by atoms with E-state index in [9.17, 15) is 5.11 Å². The first-order chi connectivity index (χ1) is 10.8. The van der Waals surface area contributed by atoms with E-state index in [0.717, 1.165) is 35.4 Å². The third-order valence-electron chi connectivity index (χ3n) is 4.05. The van der Waals surface area contributed by atoms with E-state index in [4.69, 9.17) is 10.5 Å². The summed E-state index contributed by atoms with van der Waals surface area (Å²) in [6, 6.07) is 3.93. The molecule has 3 N–H and O–H groups in total. The molecule has 0 aromatic heterocycles. The number of nitrogens with zero attached hydrogens (tertiary/aromatic N) is 1. The zero-order valence-electron chi connectivity index (χ0n) is 14.9. The third-order valence-corrected chi connectivity index (χ3v) is 4.05. The molecule has 1 unspecified atom stereocenters. The van der Waals surface area contributed by atoms with E-state index in [2.05, 4.69) is 31.8 Å². The number of aliphatic imine (C=N–C) groups is 1. The minimum absolute atomic E-state index is 0.00682. The summed E-state index contributed by atoms with van der Waals surface area (Å²) in [6.07, 6.45) is 5.16. The molecule has 0 amide bonds. The third kappa shape index (κ3) is 4.71. The highest BCUT2D eigenvalue weighted by molar-refractivity contribution is 6.06. The Kier molecular flexibility index (Phi) is 5.69. The summed E-state index contributed by atoms with van der Waals surface area (Å²) in [5.41, 5.74) is 8.26. The summed E-state index contributed by atoms with van der Waals surface area (Å²) in [5, 5.41) is 10.5. The number of hydrogen-bond donors (Lipinski definition) is 2. The lowest BCUT2D eigenvalue weighted by Gasteiger charge is -2.34. The maximum Gasteiger partial charge on any atom is 0.133 e. The Morgan fingerprint density at radius 3 is 2.74 bits per heavy atom. The molecule has 1 aromatic carbocycles. The predicted molar refractivity (Wildman–Crippen MR) is 95.7 cm³/mol. The van der Waals surface area contributed by atoms with Crippen LogP contribution in [-0.4, -0.2) is 29.0 Å². The fraction of sp³-hybridized carbons (Fsp3) is 0.632. The second-order valence-electron chi connectivity index (χ2n) is 7.25. The molecule has 1 atom stereocenters. The van der Waals surface area contributed by atoms with Crippen molar-refractivity contribution in [3.63, 3.8) is 0 Å². The van der Waals surface area contributed by atoms with Crippen LogP contribution in [0.1, 0.15) is 64.5 Å². The highest BCUT2D eigenvalue weighted by Crippen LogP contribution is 2.39. The monoisotopic (exact) mass is 318 g/mol. The molecular formula is C19H30N2O2. The van der Waals surface area contributed by atoms with Crippen LogP contribution in [0, 0.1) is 0 Å². The van der Waals surface area contributed by atoms with Gasteiger partial charge in [-0.05, 0) is 51.3 Å². The van der Waals surface area contributed by atoms with Crippen molar-refractivity contribution in [3.8, 4) is 11.5 Å². The van der Waals surface area contributed by atoms with Gasteiger partial charge in [-0.25, -0.2) is 0 Å². The maximum absolute atomic E-state index is 10.5. The van der Waals surface area contributed by atoms with Crippen molar-refractivity contribution < 1.29 is 9.84 Å². The first kappa shape index (κ1) is 17.8. The van der Waals surface area contributed by atoms with Crippen LogP contribution in [-0.2, 0) is 6.42 Å². The minimum Gasteiger partial charge on any atom is -0.507 e. The van der Waals surface area contributed by atoms with E-state index in [0.29, 0.717) is 13.0 Å². The number of aryl methyl sites for hydroxylation is 1. The van der Waals surface area contributed by atoms with Gasteiger partial charge in [0.15, 0.2) is 0 Å².